The molecule has 0 radical (unpaired) electrons. The van der Waals surface area contributed by atoms with E-state index in [1.807, 2.05) is 17.9 Å². The average Bonchev–Trinajstić information content (AvgIpc) is 3.73. The van der Waals surface area contributed by atoms with Crippen LogP contribution >= 0.6 is 0 Å². The van der Waals surface area contributed by atoms with Gasteiger partial charge in [-0.1, -0.05) is 18.2 Å². The molecule has 60 heavy (non-hydrogen) atoms. The Kier molecular flexibility index (Phi) is 9.99. The maximum Gasteiger partial charge on any atom is 0.417 e. The number of hydrogen-bond acceptors (Lipinski definition) is 11. The summed E-state index contributed by atoms with van der Waals surface area (Å²) in [6.07, 6.45) is -0.0147. The number of rotatable bonds is 5. The lowest BCUT2D eigenvalue weighted by atomic mass is 9.91. The standard InChI is InChI=1S/C43H42F5N7O5/c1-24-32(31(10-13-49-24)43(46,47)48)38(56)60-28-17-26-8-3-7-25-9-4-16-58-40(57)53-41(2)11-5-14-54(22-41)37-30-20-50-35(29(18-28)33(25)26)34(45)36(30)51-39(52-37)59-23-42-12-6-15-55(42)21-27(44)19-42/h3,7-8,10,13,17-18,20,27H,4-6,9,11-12,14-16,19,21-23H2,1-2H3,(H,53,57)/t27-,41-,42+/m1/s1. The molecule has 5 aromatic rings. The smallest absolute Gasteiger partial charge is 0.417 e. The average molecular weight is 832 g/mol. The minimum absolute atomic E-state index is 0.0768. The molecule has 1 N–H and O–H groups in total. The molecule has 0 spiro atoms. The van der Waals surface area contributed by atoms with Gasteiger partial charge >= 0.3 is 24.2 Å². The molecule has 0 unspecified atom stereocenters. The van der Waals surface area contributed by atoms with Crippen molar-refractivity contribution in [3.8, 4) is 23.0 Å². The summed E-state index contributed by atoms with van der Waals surface area (Å²) in [5.41, 5.74) is -2.78. The Morgan fingerprint density at radius 3 is 2.75 bits per heavy atom. The maximum absolute atomic E-state index is 17.6. The van der Waals surface area contributed by atoms with Crippen LogP contribution in [0.2, 0.25) is 0 Å². The Bertz CT molecular complexity index is 2540. The third-order valence-corrected chi connectivity index (χ3v) is 12.3. The molecule has 1 amide bonds. The van der Waals surface area contributed by atoms with Gasteiger partial charge in [0.25, 0.3) is 0 Å². The molecule has 17 heteroatoms. The molecule has 3 saturated heterocycles. The molecule has 0 saturated carbocycles. The van der Waals surface area contributed by atoms with Crippen molar-refractivity contribution in [1.29, 1.82) is 0 Å². The van der Waals surface area contributed by atoms with Gasteiger partial charge in [-0.15, -0.1) is 0 Å². The number of amides is 1. The molecule has 12 nitrogen and oxygen atoms in total. The van der Waals surface area contributed by atoms with Gasteiger partial charge in [0.15, 0.2) is 5.82 Å². The number of carbonyl (C=O) groups excluding carboxylic acids is 2. The van der Waals surface area contributed by atoms with Crippen molar-refractivity contribution in [1.82, 2.24) is 30.2 Å². The number of ether oxygens (including phenoxy) is 3. The normalized spacial score (nSPS) is 23.4. The van der Waals surface area contributed by atoms with E-state index in [1.54, 1.807) is 12.1 Å². The van der Waals surface area contributed by atoms with E-state index in [9.17, 15) is 27.2 Å². The molecule has 8 heterocycles. The molecule has 10 rings (SSSR count). The van der Waals surface area contributed by atoms with E-state index < -0.39 is 52.4 Å². The molecular formula is C43H42F5N7O5. The number of alkyl carbamates (subject to hydrolysis) is 1. The summed E-state index contributed by atoms with van der Waals surface area (Å²) in [4.78, 5) is 48.7. The van der Waals surface area contributed by atoms with Crippen molar-refractivity contribution >= 4 is 39.6 Å². The predicted molar refractivity (Wildman–Crippen MR) is 210 cm³/mol. The number of benzene rings is 2. The number of fused-ring (bicyclic) bond motifs is 7. The first-order valence-corrected chi connectivity index (χ1v) is 20.1. The number of hydrogen-bond donors (Lipinski definition) is 1. The molecule has 2 aromatic carbocycles. The second-order valence-corrected chi connectivity index (χ2v) is 16.5. The Balaban J connectivity index is 1.21. The summed E-state index contributed by atoms with van der Waals surface area (Å²) >= 11 is 0. The summed E-state index contributed by atoms with van der Waals surface area (Å²) in [6, 6.07) is 8.74. The van der Waals surface area contributed by atoms with E-state index >= 15 is 4.39 Å². The summed E-state index contributed by atoms with van der Waals surface area (Å²) in [5.74, 6) is -1.97. The number of halogens is 5. The maximum atomic E-state index is 17.6. The van der Waals surface area contributed by atoms with Crippen LogP contribution in [0.1, 0.15) is 72.6 Å². The fraction of sp³-hybridized carbons (Fsp3) is 0.442. The highest BCUT2D eigenvalue weighted by atomic mass is 19.4. The number of carbonyl (C=O) groups is 2. The number of alkyl halides is 4. The monoisotopic (exact) mass is 831 g/mol. The summed E-state index contributed by atoms with van der Waals surface area (Å²) in [5, 5.41) is 4.31. The van der Waals surface area contributed by atoms with E-state index in [2.05, 4.69) is 25.2 Å². The van der Waals surface area contributed by atoms with Crippen molar-refractivity contribution < 1.29 is 45.8 Å². The van der Waals surface area contributed by atoms with Gasteiger partial charge in [0.2, 0.25) is 0 Å². The largest absolute Gasteiger partial charge is 0.461 e. The van der Waals surface area contributed by atoms with Crippen LogP contribution in [0.15, 0.2) is 48.8 Å². The van der Waals surface area contributed by atoms with Gasteiger partial charge < -0.3 is 24.4 Å². The number of aryl methyl sites for hydroxylation is 2. The molecule has 3 fully saturated rings. The van der Waals surface area contributed by atoms with Gasteiger partial charge in [0.05, 0.1) is 39.9 Å². The fourth-order valence-electron chi connectivity index (χ4n) is 9.55. The zero-order valence-electron chi connectivity index (χ0n) is 33.0. The van der Waals surface area contributed by atoms with Crippen molar-refractivity contribution in [2.45, 2.75) is 82.2 Å². The van der Waals surface area contributed by atoms with E-state index in [-0.39, 0.29) is 52.8 Å². The quantitative estimate of drug-likeness (QED) is 0.105. The highest BCUT2D eigenvalue weighted by Crippen LogP contribution is 2.43. The van der Waals surface area contributed by atoms with Gasteiger partial charge in [-0.25, -0.2) is 18.4 Å². The number of nitrogens with zero attached hydrogens (tertiary/aromatic N) is 6. The Hall–Kier alpha value is -5.71. The van der Waals surface area contributed by atoms with Crippen LogP contribution in [0, 0.1) is 12.7 Å². The predicted octanol–water partition coefficient (Wildman–Crippen LogP) is 7.91. The third kappa shape index (κ3) is 7.30. The minimum atomic E-state index is -4.87. The molecule has 314 valence electrons. The summed E-state index contributed by atoms with van der Waals surface area (Å²) in [7, 11) is 0. The van der Waals surface area contributed by atoms with Gasteiger partial charge in [0, 0.05) is 44.0 Å². The van der Waals surface area contributed by atoms with Crippen LogP contribution in [0.3, 0.4) is 0 Å². The van der Waals surface area contributed by atoms with E-state index in [0.29, 0.717) is 74.4 Å². The third-order valence-electron chi connectivity index (χ3n) is 12.3. The zero-order chi connectivity index (χ0) is 42.0. The van der Waals surface area contributed by atoms with Crippen LogP contribution in [0.5, 0.6) is 11.8 Å². The molecule has 0 aliphatic carbocycles. The first kappa shape index (κ1) is 39.7. The molecule has 5 aliphatic heterocycles. The van der Waals surface area contributed by atoms with Crippen molar-refractivity contribution in [3.63, 3.8) is 0 Å². The van der Waals surface area contributed by atoms with Crippen LogP contribution in [0.25, 0.3) is 32.9 Å². The first-order valence-electron chi connectivity index (χ1n) is 20.1. The van der Waals surface area contributed by atoms with Gasteiger partial charge in [-0.05, 0) is 93.5 Å². The van der Waals surface area contributed by atoms with Crippen LogP contribution in [-0.4, -0.2) is 93.5 Å². The summed E-state index contributed by atoms with van der Waals surface area (Å²) in [6.45, 7) is 5.23. The number of nitrogens with one attached hydrogen (secondary N) is 1. The van der Waals surface area contributed by atoms with Gasteiger partial charge in [-0.2, -0.15) is 23.1 Å². The van der Waals surface area contributed by atoms with Crippen molar-refractivity contribution in [3.05, 3.63) is 77.0 Å². The van der Waals surface area contributed by atoms with Crippen molar-refractivity contribution in [2.75, 3.05) is 44.3 Å². The Labute approximate surface area is 341 Å². The number of piperidine rings is 1. The van der Waals surface area contributed by atoms with E-state index in [4.69, 9.17) is 19.2 Å². The molecule has 3 atom stereocenters. The highest BCUT2D eigenvalue weighted by molar-refractivity contribution is 6.02. The minimum Gasteiger partial charge on any atom is -0.461 e. The van der Waals surface area contributed by atoms with Crippen LogP contribution in [0.4, 0.5) is 32.6 Å². The highest BCUT2D eigenvalue weighted by Gasteiger charge is 2.49. The topological polar surface area (TPSA) is 132 Å². The second-order valence-electron chi connectivity index (χ2n) is 16.5. The van der Waals surface area contributed by atoms with E-state index in [0.717, 1.165) is 31.1 Å². The lowest BCUT2D eigenvalue weighted by molar-refractivity contribution is -0.138. The van der Waals surface area contributed by atoms with Crippen molar-refractivity contribution in [2.24, 2.45) is 0 Å². The molecule has 6 bridgehead atoms. The lowest BCUT2D eigenvalue weighted by Crippen LogP contribution is -2.57. The zero-order valence-corrected chi connectivity index (χ0v) is 33.0. The number of anilines is 1. The Morgan fingerprint density at radius 1 is 1.08 bits per heavy atom. The molecule has 5 aliphatic rings. The van der Waals surface area contributed by atoms with Gasteiger partial charge in [0.1, 0.15) is 35.6 Å². The second kappa shape index (κ2) is 15.1. The fourth-order valence-corrected chi connectivity index (χ4v) is 9.55. The van der Waals surface area contributed by atoms with Crippen LogP contribution < -0.4 is 19.7 Å². The molecule has 3 aromatic heterocycles. The van der Waals surface area contributed by atoms with Crippen LogP contribution in [-0.2, 0) is 17.3 Å². The number of aromatic nitrogens is 4. The lowest BCUT2D eigenvalue weighted by Gasteiger charge is -2.41. The number of pyridine rings is 2. The first-order chi connectivity index (χ1) is 28.7. The SMILES string of the molecule is Cc1nccc(C(F)(F)F)c1C(=O)Oc1cc2c3c(cccc3c1)CCCOC(=O)N[C@]1(C)CCCN(C1)c1nc(OC[C@@]34CCCN3C[C@H](F)C4)nc3c(F)c-2ncc13. The number of esters is 1. The van der Waals surface area contributed by atoms with Gasteiger partial charge in [-0.3, -0.25) is 14.9 Å². The van der Waals surface area contributed by atoms with E-state index in [1.165, 1.54) is 25.3 Å². The summed E-state index contributed by atoms with van der Waals surface area (Å²) < 4.78 is 92.0. The molecular weight excluding hydrogens is 790 g/mol. The Morgan fingerprint density at radius 2 is 1.92 bits per heavy atom.